The Labute approximate surface area is 217 Å². The van der Waals surface area contributed by atoms with Gasteiger partial charge in [-0.15, -0.1) is 0 Å². The number of nitrogens with one attached hydrogen (secondary N) is 1. The van der Waals surface area contributed by atoms with E-state index in [1.54, 1.807) is 23.1 Å². The Hall–Kier alpha value is -4.13. The van der Waals surface area contributed by atoms with E-state index in [0.717, 1.165) is 35.6 Å². The highest BCUT2D eigenvalue weighted by Gasteiger charge is 2.36. The fourth-order valence-corrected chi connectivity index (χ4v) is 5.02. The van der Waals surface area contributed by atoms with Crippen LogP contribution in [0.1, 0.15) is 27.9 Å². The number of benzene rings is 3. The number of nitrogens with zero attached hydrogens (tertiary/aromatic N) is 3. The molecule has 1 unspecified atom stereocenters. The quantitative estimate of drug-likeness (QED) is 0.573. The summed E-state index contributed by atoms with van der Waals surface area (Å²) in [6, 6.07) is 23.2. The molecule has 0 bridgehead atoms. The van der Waals surface area contributed by atoms with E-state index in [-0.39, 0.29) is 24.1 Å². The van der Waals surface area contributed by atoms with Gasteiger partial charge >= 0.3 is 0 Å². The number of aryl methyl sites for hydroxylation is 2. The first-order chi connectivity index (χ1) is 17.9. The van der Waals surface area contributed by atoms with Crippen LogP contribution in [-0.2, 0) is 9.59 Å². The van der Waals surface area contributed by atoms with Crippen LogP contribution < -0.4 is 15.1 Å². The first kappa shape index (κ1) is 24.6. The van der Waals surface area contributed by atoms with Crippen LogP contribution in [0.15, 0.2) is 72.8 Å². The van der Waals surface area contributed by atoms with Gasteiger partial charge < -0.3 is 20.0 Å². The number of anilines is 3. The maximum absolute atomic E-state index is 13.4. The second-order valence-electron chi connectivity index (χ2n) is 9.82. The van der Waals surface area contributed by atoms with E-state index in [9.17, 15) is 14.4 Å². The third kappa shape index (κ3) is 5.21. The first-order valence-electron chi connectivity index (χ1n) is 12.8. The predicted molar refractivity (Wildman–Crippen MR) is 146 cm³/mol. The third-order valence-electron chi connectivity index (χ3n) is 7.40. The molecule has 0 aliphatic carbocycles. The van der Waals surface area contributed by atoms with Gasteiger partial charge in [0.25, 0.3) is 5.91 Å². The summed E-state index contributed by atoms with van der Waals surface area (Å²) in [6.07, 6.45) is 0.149. The van der Waals surface area contributed by atoms with Crippen molar-refractivity contribution in [3.8, 4) is 0 Å². The molecule has 0 aromatic heterocycles. The van der Waals surface area contributed by atoms with Crippen molar-refractivity contribution < 1.29 is 14.4 Å². The fraction of sp³-hybridized carbons (Fsp3) is 0.300. The number of carbonyl (C=O) groups excluding carboxylic acids is 3. The van der Waals surface area contributed by atoms with Gasteiger partial charge in [-0.3, -0.25) is 14.4 Å². The van der Waals surface area contributed by atoms with Crippen LogP contribution in [0.2, 0.25) is 0 Å². The van der Waals surface area contributed by atoms with Gasteiger partial charge in [-0.1, -0.05) is 36.4 Å². The summed E-state index contributed by atoms with van der Waals surface area (Å²) in [7, 11) is 0. The molecule has 3 amide bonds. The Bertz CT molecular complexity index is 1320. The molecule has 1 atom stereocenters. The van der Waals surface area contributed by atoms with Crippen molar-refractivity contribution in [3.63, 3.8) is 0 Å². The standard InChI is InChI=1S/C30H32N4O3/c1-21-12-13-25(18-22(21)2)34-20-23(19-28(34)35)29(36)31-27-11-7-6-10-26(27)30(37)33-16-14-32(15-17-33)24-8-4-3-5-9-24/h3-13,18,23H,14-17,19-20H2,1-2H3,(H,31,36). The Balaban J connectivity index is 1.24. The van der Waals surface area contributed by atoms with Gasteiger partial charge in [0.2, 0.25) is 11.8 Å². The molecule has 2 aliphatic heterocycles. The minimum absolute atomic E-state index is 0.0657. The molecule has 0 radical (unpaired) electrons. The number of amides is 3. The molecule has 7 heteroatoms. The van der Waals surface area contributed by atoms with Gasteiger partial charge in [0.15, 0.2) is 0 Å². The van der Waals surface area contributed by atoms with E-state index in [2.05, 4.69) is 22.3 Å². The van der Waals surface area contributed by atoms with Crippen molar-refractivity contribution in [2.75, 3.05) is 47.8 Å². The van der Waals surface area contributed by atoms with Crippen molar-refractivity contribution in [1.29, 1.82) is 0 Å². The highest BCUT2D eigenvalue weighted by atomic mass is 16.2. The summed E-state index contributed by atoms with van der Waals surface area (Å²) in [5.41, 5.74) is 5.19. The maximum atomic E-state index is 13.4. The second kappa shape index (κ2) is 10.5. The molecular weight excluding hydrogens is 464 g/mol. The first-order valence-corrected chi connectivity index (χ1v) is 12.8. The fourth-order valence-electron chi connectivity index (χ4n) is 5.02. The summed E-state index contributed by atoms with van der Waals surface area (Å²) in [5.74, 6) is -0.882. The molecule has 3 aromatic rings. The molecule has 190 valence electrons. The highest BCUT2D eigenvalue weighted by molar-refractivity contribution is 6.07. The van der Waals surface area contributed by atoms with Crippen LogP contribution in [-0.4, -0.2) is 55.3 Å². The van der Waals surface area contributed by atoms with Gasteiger partial charge in [-0.05, 0) is 61.4 Å². The maximum Gasteiger partial charge on any atom is 0.256 e. The van der Waals surface area contributed by atoms with E-state index >= 15 is 0 Å². The van der Waals surface area contributed by atoms with Crippen molar-refractivity contribution in [1.82, 2.24) is 4.90 Å². The average Bonchev–Trinajstić information content (AvgIpc) is 3.32. The topological polar surface area (TPSA) is 73.0 Å². The van der Waals surface area contributed by atoms with E-state index < -0.39 is 5.92 Å². The van der Waals surface area contributed by atoms with Gasteiger partial charge in [-0.2, -0.15) is 0 Å². The molecule has 1 N–H and O–H groups in total. The molecule has 0 saturated carbocycles. The number of hydrogen-bond donors (Lipinski definition) is 1. The van der Waals surface area contributed by atoms with Crippen molar-refractivity contribution in [2.45, 2.75) is 20.3 Å². The molecule has 0 spiro atoms. The lowest BCUT2D eigenvalue weighted by atomic mass is 10.1. The van der Waals surface area contributed by atoms with E-state index in [0.29, 0.717) is 30.9 Å². The molecule has 5 rings (SSSR count). The average molecular weight is 497 g/mol. The van der Waals surface area contributed by atoms with Crippen LogP contribution in [0.4, 0.5) is 17.1 Å². The summed E-state index contributed by atoms with van der Waals surface area (Å²) in [5, 5.41) is 2.94. The number of piperazine rings is 1. The van der Waals surface area contributed by atoms with Crippen LogP contribution in [0.25, 0.3) is 0 Å². The molecule has 37 heavy (non-hydrogen) atoms. The molecule has 2 fully saturated rings. The molecule has 2 saturated heterocycles. The monoisotopic (exact) mass is 496 g/mol. The number of hydrogen-bond acceptors (Lipinski definition) is 4. The van der Waals surface area contributed by atoms with Gasteiger partial charge in [0, 0.05) is 50.5 Å². The Kier molecular flexibility index (Phi) is 6.95. The van der Waals surface area contributed by atoms with Crippen LogP contribution in [0.5, 0.6) is 0 Å². The molecule has 7 nitrogen and oxygen atoms in total. The van der Waals surface area contributed by atoms with Crippen LogP contribution >= 0.6 is 0 Å². The largest absolute Gasteiger partial charge is 0.368 e. The summed E-state index contributed by atoms with van der Waals surface area (Å²) in [6.45, 7) is 7.09. The highest BCUT2D eigenvalue weighted by Crippen LogP contribution is 2.28. The number of carbonyl (C=O) groups is 3. The van der Waals surface area contributed by atoms with E-state index in [4.69, 9.17) is 0 Å². The minimum atomic E-state index is -0.480. The Morgan fingerprint density at radius 2 is 1.51 bits per heavy atom. The van der Waals surface area contributed by atoms with Gasteiger partial charge in [-0.25, -0.2) is 0 Å². The van der Waals surface area contributed by atoms with Crippen LogP contribution in [0, 0.1) is 19.8 Å². The molecular formula is C30H32N4O3. The van der Waals surface area contributed by atoms with E-state index in [1.165, 1.54) is 0 Å². The minimum Gasteiger partial charge on any atom is -0.368 e. The van der Waals surface area contributed by atoms with Gasteiger partial charge in [0.1, 0.15) is 0 Å². The lowest BCUT2D eigenvalue weighted by Crippen LogP contribution is -2.49. The zero-order chi connectivity index (χ0) is 25.9. The zero-order valence-electron chi connectivity index (χ0n) is 21.3. The normalized spacial score (nSPS) is 17.7. The lowest BCUT2D eigenvalue weighted by molar-refractivity contribution is -0.122. The molecule has 2 aliphatic rings. The number of rotatable bonds is 5. The summed E-state index contributed by atoms with van der Waals surface area (Å²) >= 11 is 0. The second-order valence-corrected chi connectivity index (χ2v) is 9.82. The van der Waals surface area contributed by atoms with Crippen molar-refractivity contribution >= 4 is 34.8 Å². The smallest absolute Gasteiger partial charge is 0.256 e. The summed E-state index contributed by atoms with van der Waals surface area (Å²) in [4.78, 5) is 45.1. The lowest BCUT2D eigenvalue weighted by Gasteiger charge is -2.36. The zero-order valence-corrected chi connectivity index (χ0v) is 21.3. The Morgan fingerprint density at radius 1 is 0.811 bits per heavy atom. The third-order valence-corrected chi connectivity index (χ3v) is 7.40. The van der Waals surface area contributed by atoms with Gasteiger partial charge in [0.05, 0.1) is 17.2 Å². The summed E-state index contributed by atoms with van der Waals surface area (Å²) < 4.78 is 0. The van der Waals surface area contributed by atoms with Crippen molar-refractivity contribution in [2.24, 2.45) is 5.92 Å². The predicted octanol–water partition coefficient (Wildman–Crippen LogP) is 4.26. The van der Waals surface area contributed by atoms with Crippen LogP contribution in [0.3, 0.4) is 0 Å². The SMILES string of the molecule is Cc1ccc(N2CC(C(=O)Nc3ccccc3C(=O)N3CCN(c4ccccc4)CC3)CC2=O)cc1C. The number of para-hydroxylation sites is 2. The van der Waals surface area contributed by atoms with Crippen molar-refractivity contribution in [3.05, 3.63) is 89.5 Å². The molecule has 2 heterocycles. The Morgan fingerprint density at radius 3 is 2.24 bits per heavy atom. The molecule has 3 aromatic carbocycles. The van der Waals surface area contributed by atoms with E-state index in [1.807, 2.05) is 61.2 Å².